The Balaban J connectivity index is 2.24. The molecule has 2 aromatic carbocycles. The Morgan fingerprint density at radius 3 is 2.10 bits per heavy atom. The lowest BCUT2D eigenvalue weighted by atomic mass is 9.86. The monoisotopic (exact) mass is 407 g/mol. The lowest BCUT2D eigenvalue weighted by Crippen LogP contribution is -2.43. The van der Waals surface area contributed by atoms with Crippen molar-refractivity contribution in [1.82, 2.24) is 5.32 Å². The lowest BCUT2D eigenvalue weighted by Gasteiger charge is -2.21. The summed E-state index contributed by atoms with van der Waals surface area (Å²) in [5, 5.41) is 2.38. The molecule has 0 aliphatic carbocycles. The lowest BCUT2D eigenvalue weighted by molar-refractivity contribution is -0.142. The van der Waals surface area contributed by atoms with Crippen LogP contribution in [0, 0.1) is 0 Å². The summed E-state index contributed by atoms with van der Waals surface area (Å²) in [7, 11) is 1.16. The molecule has 156 valence electrons. The number of esters is 1. The number of hydrogen-bond acceptors (Lipinski definition) is 3. The van der Waals surface area contributed by atoms with E-state index in [-0.39, 0.29) is 11.8 Å². The first-order valence-corrected chi connectivity index (χ1v) is 9.08. The van der Waals surface area contributed by atoms with Gasteiger partial charge in [0.05, 0.1) is 18.2 Å². The van der Waals surface area contributed by atoms with Crippen LogP contribution in [0.5, 0.6) is 0 Å². The molecule has 1 amide bonds. The van der Waals surface area contributed by atoms with Gasteiger partial charge in [-0.25, -0.2) is 4.79 Å². The van der Waals surface area contributed by atoms with E-state index < -0.39 is 35.2 Å². The highest BCUT2D eigenvalue weighted by molar-refractivity contribution is 5.98. The molecule has 0 bridgehead atoms. The van der Waals surface area contributed by atoms with Crippen molar-refractivity contribution in [3.63, 3.8) is 0 Å². The predicted molar refractivity (Wildman–Crippen MR) is 104 cm³/mol. The van der Waals surface area contributed by atoms with Crippen LogP contribution in [0.25, 0.3) is 0 Å². The highest BCUT2D eigenvalue weighted by Gasteiger charge is 2.35. The summed E-state index contributed by atoms with van der Waals surface area (Å²) in [5.74, 6) is -1.72. The number of rotatable bonds is 5. The van der Waals surface area contributed by atoms with Gasteiger partial charge in [-0.2, -0.15) is 13.2 Å². The Morgan fingerprint density at radius 1 is 1.00 bits per heavy atom. The van der Waals surface area contributed by atoms with Gasteiger partial charge in [-0.1, -0.05) is 57.2 Å². The molecule has 0 radical (unpaired) electrons. The van der Waals surface area contributed by atoms with Gasteiger partial charge < -0.3 is 10.1 Å². The summed E-state index contributed by atoms with van der Waals surface area (Å²) >= 11 is 0. The number of benzene rings is 2. The van der Waals surface area contributed by atoms with Crippen molar-refractivity contribution < 1.29 is 27.5 Å². The molecule has 0 fully saturated rings. The van der Waals surface area contributed by atoms with E-state index in [1.165, 1.54) is 12.1 Å². The molecule has 0 aliphatic rings. The zero-order chi connectivity index (χ0) is 21.8. The average Bonchev–Trinajstić information content (AvgIpc) is 2.65. The highest BCUT2D eigenvalue weighted by Crippen LogP contribution is 2.31. The fourth-order valence-electron chi connectivity index (χ4n) is 2.88. The average molecular weight is 407 g/mol. The Labute approximate surface area is 168 Å². The summed E-state index contributed by atoms with van der Waals surface area (Å²) in [6.45, 7) is 6.20. The minimum absolute atomic E-state index is 0.0458. The number of halogens is 3. The second-order valence-corrected chi connectivity index (χ2v) is 7.74. The number of ether oxygens (including phenoxy) is 1. The quantitative estimate of drug-likeness (QED) is 0.742. The van der Waals surface area contributed by atoms with E-state index in [2.05, 4.69) is 26.1 Å². The van der Waals surface area contributed by atoms with Crippen LogP contribution in [0.4, 0.5) is 13.2 Å². The van der Waals surface area contributed by atoms with Crippen molar-refractivity contribution >= 4 is 11.9 Å². The third kappa shape index (κ3) is 5.82. The largest absolute Gasteiger partial charge is 0.467 e. The summed E-state index contributed by atoms with van der Waals surface area (Å²) in [6, 6.07) is 10.8. The first kappa shape index (κ1) is 22.5. The van der Waals surface area contributed by atoms with Gasteiger partial charge in [0.2, 0.25) is 0 Å². The molecule has 0 heterocycles. The van der Waals surface area contributed by atoms with E-state index in [0.717, 1.165) is 30.4 Å². The zero-order valence-corrected chi connectivity index (χ0v) is 16.8. The molecule has 0 saturated carbocycles. The van der Waals surface area contributed by atoms with Crippen molar-refractivity contribution in [2.24, 2.45) is 0 Å². The Bertz CT molecular complexity index is 868. The maximum atomic E-state index is 13.2. The van der Waals surface area contributed by atoms with E-state index in [9.17, 15) is 22.8 Å². The number of nitrogens with one attached hydrogen (secondary N) is 1. The topological polar surface area (TPSA) is 55.4 Å². The molecule has 1 N–H and O–H groups in total. The number of alkyl halides is 3. The van der Waals surface area contributed by atoms with Crippen LogP contribution in [0.15, 0.2) is 48.5 Å². The standard InChI is InChI=1S/C22H24F3NO3/c1-21(2,3)15-11-9-14(10-12-15)13-18(20(28)29-4)26-19(27)16-7-5-6-8-17(16)22(23,24)25/h5-12,18H,13H2,1-4H3,(H,26,27)/t18-/m0/s1. The smallest absolute Gasteiger partial charge is 0.417 e. The molecule has 2 aromatic rings. The Morgan fingerprint density at radius 2 is 1.59 bits per heavy atom. The van der Waals surface area contributed by atoms with Crippen LogP contribution >= 0.6 is 0 Å². The third-order valence-corrected chi connectivity index (χ3v) is 4.53. The van der Waals surface area contributed by atoms with Crippen LogP contribution in [-0.4, -0.2) is 25.0 Å². The molecule has 0 saturated heterocycles. The number of methoxy groups -OCH3 is 1. The molecular weight excluding hydrogens is 383 g/mol. The van der Waals surface area contributed by atoms with Gasteiger partial charge in [0.25, 0.3) is 5.91 Å². The van der Waals surface area contributed by atoms with E-state index in [1.807, 2.05) is 24.3 Å². The first-order chi connectivity index (χ1) is 13.4. The van der Waals surface area contributed by atoms with E-state index in [4.69, 9.17) is 4.74 Å². The molecule has 1 atom stereocenters. The minimum atomic E-state index is -4.68. The van der Waals surface area contributed by atoms with E-state index in [0.29, 0.717) is 0 Å². The first-order valence-electron chi connectivity index (χ1n) is 9.08. The number of hydrogen-bond donors (Lipinski definition) is 1. The van der Waals surface area contributed by atoms with E-state index in [1.54, 1.807) is 0 Å². The third-order valence-electron chi connectivity index (χ3n) is 4.53. The Hall–Kier alpha value is -2.83. The molecular formula is C22H24F3NO3. The second-order valence-electron chi connectivity index (χ2n) is 7.74. The van der Waals surface area contributed by atoms with Crippen molar-refractivity contribution in [3.05, 3.63) is 70.8 Å². The summed E-state index contributed by atoms with van der Waals surface area (Å²) in [6.07, 6.45) is -4.59. The predicted octanol–water partition coefficient (Wildman–Crippen LogP) is 4.52. The van der Waals surface area contributed by atoms with Crippen molar-refractivity contribution in [3.8, 4) is 0 Å². The number of carbonyl (C=O) groups excluding carboxylic acids is 2. The molecule has 0 aromatic heterocycles. The number of carbonyl (C=O) groups is 2. The molecule has 29 heavy (non-hydrogen) atoms. The highest BCUT2D eigenvalue weighted by atomic mass is 19.4. The van der Waals surface area contributed by atoms with Gasteiger partial charge >= 0.3 is 12.1 Å². The fourth-order valence-corrected chi connectivity index (χ4v) is 2.88. The Kier molecular flexibility index (Phi) is 6.72. The van der Waals surface area contributed by atoms with Crippen LogP contribution in [-0.2, 0) is 27.5 Å². The van der Waals surface area contributed by atoms with Crippen LogP contribution in [0.2, 0.25) is 0 Å². The molecule has 0 aliphatic heterocycles. The van der Waals surface area contributed by atoms with Gasteiger partial charge in [0.15, 0.2) is 0 Å². The van der Waals surface area contributed by atoms with Crippen LogP contribution < -0.4 is 5.32 Å². The summed E-state index contributed by atoms with van der Waals surface area (Å²) < 4.78 is 44.3. The molecule has 0 spiro atoms. The molecule has 0 unspecified atom stereocenters. The summed E-state index contributed by atoms with van der Waals surface area (Å²) in [5.41, 5.74) is 0.194. The SMILES string of the molecule is COC(=O)[C@H](Cc1ccc(C(C)(C)C)cc1)NC(=O)c1ccccc1C(F)(F)F. The van der Waals surface area contributed by atoms with Gasteiger partial charge in [0, 0.05) is 6.42 Å². The minimum Gasteiger partial charge on any atom is -0.467 e. The van der Waals surface area contributed by atoms with Crippen molar-refractivity contribution in [2.75, 3.05) is 7.11 Å². The fraction of sp³-hybridized carbons (Fsp3) is 0.364. The normalized spacial score (nSPS) is 12.9. The van der Waals surface area contributed by atoms with Gasteiger partial charge in [-0.3, -0.25) is 4.79 Å². The van der Waals surface area contributed by atoms with Gasteiger partial charge in [-0.15, -0.1) is 0 Å². The maximum absolute atomic E-state index is 13.2. The summed E-state index contributed by atoms with van der Waals surface area (Å²) in [4.78, 5) is 24.6. The van der Waals surface area contributed by atoms with Crippen LogP contribution in [0.1, 0.15) is 47.8 Å². The molecule has 4 nitrogen and oxygen atoms in total. The van der Waals surface area contributed by atoms with E-state index >= 15 is 0 Å². The van der Waals surface area contributed by atoms with Crippen molar-refractivity contribution in [2.45, 2.75) is 44.8 Å². The van der Waals surface area contributed by atoms with Crippen LogP contribution in [0.3, 0.4) is 0 Å². The zero-order valence-electron chi connectivity index (χ0n) is 16.8. The molecule has 7 heteroatoms. The van der Waals surface area contributed by atoms with Crippen molar-refractivity contribution in [1.29, 1.82) is 0 Å². The number of amides is 1. The maximum Gasteiger partial charge on any atom is 0.417 e. The second kappa shape index (κ2) is 8.68. The van der Waals surface area contributed by atoms with Gasteiger partial charge in [0.1, 0.15) is 6.04 Å². The van der Waals surface area contributed by atoms with Gasteiger partial charge in [-0.05, 0) is 28.7 Å². The molecule has 2 rings (SSSR count).